The van der Waals surface area contributed by atoms with Crippen LogP contribution in [0.2, 0.25) is 0 Å². The highest BCUT2D eigenvalue weighted by molar-refractivity contribution is 7.91. The molecule has 0 bridgehead atoms. The summed E-state index contributed by atoms with van der Waals surface area (Å²) >= 11 is 0. The lowest BCUT2D eigenvalue weighted by Gasteiger charge is -2.08. The number of rotatable bonds is 6. The molecule has 5 nitrogen and oxygen atoms in total. The molecule has 0 unspecified atom stereocenters. The lowest BCUT2D eigenvalue weighted by molar-refractivity contribution is -0.118. The highest BCUT2D eigenvalue weighted by atomic mass is 32.2. The van der Waals surface area contributed by atoms with E-state index in [4.69, 9.17) is 4.74 Å². The zero-order chi connectivity index (χ0) is 16.9. The molecule has 0 aliphatic rings. The number of carbonyl (C=O) groups excluding carboxylic acids is 1. The molecule has 122 valence electrons. The second kappa shape index (κ2) is 7.28. The van der Waals surface area contributed by atoms with Crippen molar-refractivity contribution in [2.75, 3.05) is 17.7 Å². The van der Waals surface area contributed by atoms with Crippen molar-refractivity contribution in [1.82, 2.24) is 0 Å². The molecule has 23 heavy (non-hydrogen) atoms. The molecule has 2 rings (SSSR count). The van der Waals surface area contributed by atoms with Gasteiger partial charge in [0.25, 0.3) is 5.91 Å². The summed E-state index contributed by atoms with van der Waals surface area (Å²) in [6.45, 7) is 3.45. The van der Waals surface area contributed by atoms with Gasteiger partial charge in [-0.25, -0.2) is 8.42 Å². The first-order valence-electron chi connectivity index (χ1n) is 7.23. The van der Waals surface area contributed by atoms with Crippen molar-refractivity contribution < 1.29 is 17.9 Å². The molecule has 0 radical (unpaired) electrons. The van der Waals surface area contributed by atoms with Gasteiger partial charge in [-0.3, -0.25) is 4.79 Å². The number of benzene rings is 2. The van der Waals surface area contributed by atoms with Crippen LogP contribution in [-0.2, 0) is 14.6 Å². The van der Waals surface area contributed by atoms with Crippen LogP contribution in [0.5, 0.6) is 5.75 Å². The fraction of sp³-hybridized carbons (Fsp3) is 0.235. The number of nitrogens with one attached hydrogen (secondary N) is 1. The van der Waals surface area contributed by atoms with Crippen LogP contribution < -0.4 is 10.1 Å². The van der Waals surface area contributed by atoms with Crippen molar-refractivity contribution in [3.05, 3.63) is 54.1 Å². The Balaban J connectivity index is 1.91. The van der Waals surface area contributed by atoms with Crippen LogP contribution in [0, 0.1) is 6.92 Å². The quantitative estimate of drug-likeness (QED) is 0.882. The van der Waals surface area contributed by atoms with Gasteiger partial charge in [0.05, 0.1) is 10.6 Å². The number of sulfone groups is 1. The SMILES string of the molecule is CCS(=O)(=O)c1ccc(NC(=O)COc2ccc(C)cc2)cc1. The van der Waals surface area contributed by atoms with Gasteiger partial charge >= 0.3 is 0 Å². The summed E-state index contributed by atoms with van der Waals surface area (Å²) in [5.74, 6) is 0.357. The Morgan fingerprint density at radius 3 is 2.22 bits per heavy atom. The van der Waals surface area contributed by atoms with Gasteiger partial charge in [-0.2, -0.15) is 0 Å². The molecule has 1 N–H and O–H groups in total. The van der Waals surface area contributed by atoms with Crippen molar-refractivity contribution in [2.45, 2.75) is 18.7 Å². The van der Waals surface area contributed by atoms with Crippen LogP contribution >= 0.6 is 0 Å². The summed E-state index contributed by atoms with van der Waals surface area (Å²) in [4.78, 5) is 12.1. The van der Waals surface area contributed by atoms with Gasteiger partial charge in [-0.05, 0) is 43.3 Å². The van der Waals surface area contributed by atoms with Crippen LogP contribution in [0.25, 0.3) is 0 Å². The average Bonchev–Trinajstić information content (AvgIpc) is 2.55. The molecule has 6 heteroatoms. The smallest absolute Gasteiger partial charge is 0.262 e. The monoisotopic (exact) mass is 333 g/mol. The Kier molecular flexibility index (Phi) is 5.39. The standard InChI is InChI=1S/C17H19NO4S/c1-3-23(20,21)16-10-6-14(7-11-16)18-17(19)12-22-15-8-4-13(2)5-9-15/h4-11H,3,12H2,1-2H3,(H,18,19). The van der Waals surface area contributed by atoms with Crippen LogP contribution in [-0.4, -0.2) is 26.7 Å². The molecule has 0 aromatic heterocycles. The first-order valence-corrected chi connectivity index (χ1v) is 8.88. The van der Waals surface area contributed by atoms with E-state index >= 15 is 0 Å². The first-order chi connectivity index (χ1) is 10.9. The largest absolute Gasteiger partial charge is 0.484 e. The highest BCUT2D eigenvalue weighted by Crippen LogP contribution is 2.16. The van der Waals surface area contributed by atoms with Gasteiger partial charge < -0.3 is 10.1 Å². The minimum absolute atomic E-state index is 0.0447. The lowest BCUT2D eigenvalue weighted by Crippen LogP contribution is -2.20. The van der Waals surface area contributed by atoms with Crippen molar-refractivity contribution >= 4 is 21.4 Å². The van der Waals surface area contributed by atoms with E-state index in [0.29, 0.717) is 11.4 Å². The molecule has 1 amide bonds. The minimum atomic E-state index is -3.23. The van der Waals surface area contributed by atoms with Crippen LogP contribution in [0.1, 0.15) is 12.5 Å². The van der Waals surface area contributed by atoms with E-state index in [1.54, 1.807) is 31.2 Å². The third-order valence-electron chi connectivity index (χ3n) is 3.27. The van der Waals surface area contributed by atoms with Crippen molar-refractivity contribution in [3.8, 4) is 5.75 Å². The van der Waals surface area contributed by atoms with E-state index in [1.807, 2.05) is 19.1 Å². The number of amides is 1. The molecule has 0 aliphatic carbocycles. The van der Waals surface area contributed by atoms with E-state index in [9.17, 15) is 13.2 Å². The normalized spacial score (nSPS) is 11.0. The third kappa shape index (κ3) is 4.82. The molecule has 0 spiro atoms. The van der Waals surface area contributed by atoms with Crippen LogP contribution in [0.3, 0.4) is 0 Å². The Hall–Kier alpha value is -2.34. The second-order valence-electron chi connectivity index (χ2n) is 5.08. The van der Waals surface area contributed by atoms with Crippen molar-refractivity contribution in [2.24, 2.45) is 0 Å². The maximum atomic E-state index is 11.8. The van der Waals surface area contributed by atoms with E-state index in [1.165, 1.54) is 12.1 Å². The summed E-state index contributed by atoms with van der Waals surface area (Å²) < 4.78 is 28.8. The Labute approximate surface area is 136 Å². The van der Waals surface area contributed by atoms with Crippen LogP contribution in [0.4, 0.5) is 5.69 Å². The molecular weight excluding hydrogens is 314 g/mol. The number of aryl methyl sites for hydroxylation is 1. The molecule has 0 saturated carbocycles. The van der Waals surface area contributed by atoms with Gasteiger partial charge in [0.1, 0.15) is 5.75 Å². The van der Waals surface area contributed by atoms with E-state index in [2.05, 4.69) is 5.32 Å². The first kappa shape index (κ1) is 17.0. The predicted molar refractivity (Wildman–Crippen MR) is 89.5 cm³/mol. The zero-order valence-electron chi connectivity index (χ0n) is 13.1. The fourth-order valence-electron chi connectivity index (χ4n) is 1.89. The molecule has 0 fully saturated rings. The van der Waals surface area contributed by atoms with Gasteiger partial charge in [0.15, 0.2) is 16.4 Å². The summed E-state index contributed by atoms with van der Waals surface area (Å²) in [5.41, 5.74) is 1.64. The number of hydrogen-bond acceptors (Lipinski definition) is 4. The lowest BCUT2D eigenvalue weighted by atomic mass is 10.2. The summed E-state index contributed by atoms with van der Waals surface area (Å²) in [7, 11) is -3.23. The van der Waals surface area contributed by atoms with E-state index < -0.39 is 9.84 Å². The Bertz CT molecular complexity index is 765. The molecule has 0 aliphatic heterocycles. The average molecular weight is 333 g/mol. The number of ether oxygens (including phenoxy) is 1. The van der Waals surface area contributed by atoms with Crippen LogP contribution in [0.15, 0.2) is 53.4 Å². The summed E-state index contributed by atoms with van der Waals surface area (Å²) in [6, 6.07) is 13.5. The molecule has 0 saturated heterocycles. The van der Waals surface area contributed by atoms with E-state index in [-0.39, 0.29) is 23.2 Å². The van der Waals surface area contributed by atoms with Gasteiger partial charge in [-0.15, -0.1) is 0 Å². The fourth-order valence-corrected chi connectivity index (χ4v) is 2.78. The van der Waals surface area contributed by atoms with E-state index in [0.717, 1.165) is 5.56 Å². The highest BCUT2D eigenvalue weighted by Gasteiger charge is 2.11. The maximum absolute atomic E-state index is 11.8. The number of hydrogen-bond donors (Lipinski definition) is 1. The molecular formula is C17H19NO4S. The minimum Gasteiger partial charge on any atom is -0.484 e. The molecule has 0 atom stereocenters. The predicted octanol–water partition coefficient (Wildman–Crippen LogP) is 2.81. The number of anilines is 1. The zero-order valence-corrected chi connectivity index (χ0v) is 13.9. The molecule has 0 heterocycles. The van der Waals surface area contributed by atoms with Crippen molar-refractivity contribution in [3.63, 3.8) is 0 Å². The second-order valence-corrected chi connectivity index (χ2v) is 7.36. The Morgan fingerprint density at radius 1 is 1.04 bits per heavy atom. The topological polar surface area (TPSA) is 72.5 Å². The third-order valence-corrected chi connectivity index (χ3v) is 5.02. The summed E-state index contributed by atoms with van der Waals surface area (Å²) in [5, 5.41) is 2.66. The van der Waals surface area contributed by atoms with Gasteiger partial charge in [0.2, 0.25) is 0 Å². The number of carbonyl (C=O) groups is 1. The summed E-state index contributed by atoms with van der Waals surface area (Å²) in [6.07, 6.45) is 0. The van der Waals surface area contributed by atoms with Crippen molar-refractivity contribution in [1.29, 1.82) is 0 Å². The Morgan fingerprint density at radius 2 is 1.65 bits per heavy atom. The van der Waals surface area contributed by atoms with Gasteiger partial charge in [-0.1, -0.05) is 24.6 Å². The van der Waals surface area contributed by atoms with Gasteiger partial charge in [0, 0.05) is 5.69 Å². The maximum Gasteiger partial charge on any atom is 0.262 e. The molecule has 2 aromatic rings. The molecule has 2 aromatic carbocycles.